The van der Waals surface area contributed by atoms with Crippen molar-refractivity contribution in [2.24, 2.45) is 0 Å². The largest absolute Gasteiger partial charge is 0.477 e. The van der Waals surface area contributed by atoms with Crippen molar-refractivity contribution in [3.05, 3.63) is 17.0 Å². The lowest BCUT2D eigenvalue weighted by Crippen LogP contribution is -2.64. The third-order valence-electron chi connectivity index (χ3n) is 3.28. The molecule has 10 heteroatoms. The van der Waals surface area contributed by atoms with Gasteiger partial charge in [0.1, 0.15) is 16.1 Å². The van der Waals surface area contributed by atoms with Crippen LogP contribution in [0.15, 0.2) is 16.3 Å². The lowest BCUT2D eigenvalue weighted by Gasteiger charge is -2.47. The molecule has 1 amide bonds. The second kappa shape index (κ2) is 5.35. The normalized spacial score (nSPS) is 24.9. The Morgan fingerprint density at radius 2 is 2.33 bits per heavy atom. The number of amides is 1. The van der Waals surface area contributed by atoms with Crippen molar-refractivity contribution < 1.29 is 19.8 Å². The Kier molecular flexibility index (Phi) is 3.68. The van der Waals surface area contributed by atoms with Crippen LogP contribution in [0.2, 0.25) is 0 Å². The van der Waals surface area contributed by atoms with Gasteiger partial charge in [-0.25, -0.2) is 4.79 Å². The maximum absolute atomic E-state index is 11.7. The summed E-state index contributed by atoms with van der Waals surface area (Å²) in [7, 11) is 0. The van der Waals surface area contributed by atoms with Gasteiger partial charge in [-0.1, -0.05) is 11.8 Å². The molecule has 2 aliphatic rings. The van der Waals surface area contributed by atoms with Crippen LogP contribution in [0.25, 0.3) is 0 Å². The number of aromatic nitrogens is 3. The number of aliphatic carboxylic acids is 1. The summed E-state index contributed by atoms with van der Waals surface area (Å²) in [6, 6.07) is 0. The Hall–Kier alpha value is -1.52. The van der Waals surface area contributed by atoms with Crippen LogP contribution < -0.4 is 0 Å². The third kappa shape index (κ3) is 2.32. The van der Waals surface area contributed by atoms with Gasteiger partial charge >= 0.3 is 5.97 Å². The fraction of sp³-hybridized carbons (Fsp3) is 0.455. The molecule has 1 fully saturated rings. The lowest BCUT2D eigenvalue weighted by molar-refractivity contribution is -0.159. The molecule has 0 radical (unpaired) electrons. The van der Waals surface area contributed by atoms with E-state index in [1.54, 1.807) is 6.92 Å². The fourth-order valence-electron chi connectivity index (χ4n) is 2.21. The molecule has 2 atom stereocenters. The van der Waals surface area contributed by atoms with E-state index in [9.17, 15) is 19.8 Å². The van der Waals surface area contributed by atoms with E-state index in [1.165, 1.54) is 28.4 Å². The number of nitrogens with zero attached hydrogens (tertiary/aromatic N) is 3. The molecule has 0 bridgehead atoms. The molecular weight excluding hydrogens is 316 g/mol. The molecule has 8 nitrogen and oxygen atoms in total. The highest BCUT2D eigenvalue weighted by Crippen LogP contribution is 2.41. The summed E-state index contributed by atoms with van der Waals surface area (Å²) in [5, 5.41) is 29.5. The van der Waals surface area contributed by atoms with Crippen molar-refractivity contribution >= 4 is 35.4 Å². The van der Waals surface area contributed by atoms with Crippen LogP contribution in [0.5, 0.6) is 0 Å². The number of nitrogens with one attached hydrogen (secondary N) is 1. The van der Waals surface area contributed by atoms with E-state index in [0.717, 1.165) is 5.69 Å². The number of thioether (sulfide) groups is 2. The summed E-state index contributed by atoms with van der Waals surface area (Å²) < 4.78 is 0. The fourth-order valence-corrected chi connectivity index (χ4v) is 4.51. The van der Waals surface area contributed by atoms with Crippen molar-refractivity contribution in [1.29, 1.82) is 0 Å². The van der Waals surface area contributed by atoms with Gasteiger partial charge in [-0.2, -0.15) is 10.3 Å². The molecule has 0 aromatic carbocycles. The predicted molar refractivity (Wildman–Crippen MR) is 75.6 cm³/mol. The predicted octanol–water partition coefficient (Wildman–Crippen LogP) is -0.180. The number of β-lactam (4-membered cyclic amide) rings is 1. The number of carboxylic acid groups (broad SMARTS) is 1. The van der Waals surface area contributed by atoms with Crippen LogP contribution in [0, 0.1) is 6.92 Å². The Bertz CT molecular complexity index is 644. The molecule has 112 valence electrons. The molecule has 0 unspecified atom stereocenters. The molecule has 3 N–H and O–H groups in total. The second-order valence-corrected chi connectivity index (χ2v) is 6.68. The Morgan fingerprint density at radius 1 is 1.57 bits per heavy atom. The van der Waals surface area contributed by atoms with Crippen LogP contribution in [0.4, 0.5) is 0 Å². The standard InChI is InChI=1S/C11H12N4O4S2/c1-4-8(13-14-12-4)20-2-5-3-21-10-7(16)9(17)15(10)6(5)11(18)19/h7,10,16H,2-3H2,1H3,(H,18,19)(H,12,13,14)/t7-,10+/m1/s1. The molecule has 0 saturated carbocycles. The van der Waals surface area contributed by atoms with E-state index >= 15 is 0 Å². The first-order chi connectivity index (χ1) is 10.0. The van der Waals surface area contributed by atoms with Crippen LogP contribution in [0.3, 0.4) is 0 Å². The van der Waals surface area contributed by atoms with Crippen molar-refractivity contribution in [2.45, 2.75) is 23.4 Å². The Morgan fingerprint density at radius 3 is 2.95 bits per heavy atom. The SMILES string of the molecule is Cc1n[nH]nc1SCC1=C(C(=O)O)N2C(=O)[C@@H](O)[C@@H]2SC1. The molecule has 0 aliphatic carbocycles. The summed E-state index contributed by atoms with van der Waals surface area (Å²) in [6.07, 6.45) is -1.10. The van der Waals surface area contributed by atoms with Gasteiger partial charge in [0.2, 0.25) is 0 Å². The van der Waals surface area contributed by atoms with E-state index in [1.807, 2.05) is 0 Å². The molecule has 3 heterocycles. The van der Waals surface area contributed by atoms with Gasteiger partial charge < -0.3 is 10.2 Å². The van der Waals surface area contributed by atoms with E-state index < -0.39 is 23.4 Å². The zero-order valence-electron chi connectivity index (χ0n) is 10.9. The number of aliphatic hydroxyl groups excluding tert-OH is 1. The highest BCUT2D eigenvalue weighted by molar-refractivity contribution is 8.01. The van der Waals surface area contributed by atoms with Crippen LogP contribution in [-0.4, -0.2) is 65.4 Å². The number of fused-ring (bicyclic) bond motifs is 1. The molecule has 1 saturated heterocycles. The minimum absolute atomic E-state index is 0.0114. The number of aromatic amines is 1. The van der Waals surface area contributed by atoms with Crippen molar-refractivity contribution in [2.75, 3.05) is 11.5 Å². The van der Waals surface area contributed by atoms with Gasteiger partial charge in [-0.3, -0.25) is 9.69 Å². The zero-order valence-corrected chi connectivity index (χ0v) is 12.6. The number of carbonyl (C=O) groups excluding carboxylic acids is 1. The zero-order chi connectivity index (χ0) is 15.1. The van der Waals surface area contributed by atoms with E-state index in [4.69, 9.17) is 0 Å². The summed E-state index contributed by atoms with van der Waals surface area (Å²) in [6.45, 7) is 1.80. The molecule has 3 rings (SSSR count). The summed E-state index contributed by atoms with van der Waals surface area (Å²) >= 11 is 2.74. The molecule has 1 aromatic heterocycles. The highest BCUT2D eigenvalue weighted by atomic mass is 32.2. The van der Waals surface area contributed by atoms with Gasteiger partial charge in [0, 0.05) is 11.5 Å². The van der Waals surface area contributed by atoms with Crippen LogP contribution in [0.1, 0.15) is 5.69 Å². The Balaban J connectivity index is 1.83. The number of rotatable bonds is 4. The molecule has 2 aliphatic heterocycles. The first-order valence-electron chi connectivity index (χ1n) is 6.09. The summed E-state index contributed by atoms with van der Waals surface area (Å²) in [4.78, 5) is 24.3. The third-order valence-corrected chi connectivity index (χ3v) is 5.76. The average molecular weight is 328 g/mol. The number of aliphatic hydroxyl groups is 1. The number of hydrogen-bond donors (Lipinski definition) is 3. The first-order valence-corrected chi connectivity index (χ1v) is 8.12. The molecular formula is C11H12N4O4S2. The van der Waals surface area contributed by atoms with Crippen molar-refractivity contribution in [3.8, 4) is 0 Å². The Labute approximate surface area is 128 Å². The van der Waals surface area contributed by atoms with E-state index in [0.29, 0.717) is 22.1 Å². The van der Waals surface area contributed by atoms with Gasteiger partial charge in [0.05, 0.1) is 5.69 Å². The quantitative estimate of drug-likeness (QED) is 0.514. The monoisotopic (exact) mass is 328 g/mol. The van der Waals surface area contributed by atoms with E-state index in [2.05, 4.69) is 15.4 Å². The number of hydrogen-bond acceptors (Lipinski definition) is 7. The molecule has 0 spiro atoms. The minimum Gasteiger partial charge on any atom is -0.477 e. The second-order valence-electron chi connectivity index (χ2n) is 4.61. The number of carbonyl (C=O) groups is 2. The van der Waals surface area contributed by atoms with Crippen molar-refractivity contribution in [3.63, 3.8) is 0 Å². The van der Waals surface area contributed by atoms with Gasteiger partial charge in [0.25, 0.3) is 5.91 Å². The molecule has 21 heavy (non-hydrogen) atoms. The number of H-pyrrole nitrogens is 1. The maximum Gasteiger partial charge on any atom is 0.352 e. The van der Waals surface area contributed by atoms with Crippen LogP contribution >= 0.6 is 23.5 Å². The first kappa shape index (κ1) is 14.4. The summed E-state index contributed by atoms with van der Waals surface area (Å²) in [5.41, 5.74) is 1.38. The maximum atomic E-state index is 11.7. The van der Waals surface area contributed by atoms with Gasteiger partial charge in [-0.05, 0) is 12.5 Å². The van der Waals surface area contributed by atoms with Gasteiger partial charge in [0.15, 0.2) is 6.10 Å². The smallest absolute Gasteiger partial charge is 0.352 e. The lowest BCUT2D eigenvalue weighted by atomic mass is 10.1. The highest BCUT2D eigenvalue weighted by Gasteiger charge is 2.52. The van der Waals surface area contributed by atoms with E-state index in [-0.39, 0.29) is 5.70 Å². The average Bonchev–Trinajstić information content (AvgIpc) is 2.88. The van der Waals surface area contributed by atoms with Crippen molar-refractivity contribution in [1.82, 2.24) is 20.3 Å². The van der Waals surface area contributed by atoms with Gasteiger partial charge in [-0.15, -0.1) is 16.9 Å². The summed E-state index contributed by atoms with van der Waals surface area (Å²) in [5.74, 6) is -0.816. The topological polar surface area (TPSA) is 119 Å². The number of carboxylic acids is 1. The minimum atomic E-state index is -1.15. The molecule has 1 aromatic rings. The van der Waals surface area contributed by atoms with Crippen LogP contribution in [-0.2, 0) is 9.59 Å². The number of aryl methyl sites for hydroxylation is 1.